The maximum Gasteiger partial charge on any atom is 0.122 e. The van der Waals surface area contributed by atoms with Crippen LogP contribution in [0.3, 0.4) is 0 Å². The van der Waals surface area contributed by atoms with E-state index in [1.54, 1.807) is 14.2 Å². The molecule has 0 heterocycles. The van der Waals surface area contributed by atoms with Crippen LogP contribution in [0.2, 0.25) is 0 Å². The second-order valence-electron chi connectivity index (χ2n) is 4.83. The van der Waals surface area contributed by atoms with Crippen LogP contribution in [-0.2, 0) is 12.8 Å². The van der Waals surface area contributed by atoms with Crippen LogP contribution in [0.4, 0.5) is 0 Å². The molecule has 106 valence electrons. The summed E-state index contributed by atoms with van der Waals surface area (Å²) >= 11 is 0. The van der Waals surface area contributed by atoms with Crippen LogP contribution in [-0.4, -0.2) is 20.3 Å². The molecule has 0 amide bonds. The molecule has 0 aliphatic heterocycles. The van der Waals surface area contributed by atoms with Gasteiger partial charge in [0.25, 0.3) is 0 Å². The average molecular weight is 271 g/mol. The van der Waals surface area contributed by atoms with Crippen LogP contribution in [0.25, 0.3) is 0 Å². The quantitative estimate of drug-likeness (QED) is 0.878. The van der Waals surface area contributed by atoms with Gasteiger partial charge in [-0.3, -0.25) is 0 Å². The van der Waals surface area contributed by atoms with Crippen molar-refractivity contribution < 1.29 is 9.47 Å². The van der Waals surface area contributed by atoms with Crippen molar-refractivity contribution in [3.8, 4) is 11.5 Å². The molecule has 2 aromatic carbocycles. The van der Waals surface area contributed by atoms with Crippen LogP contribution < -0.4 is 15.2 Å². The fraction of sp³-hybridized carbons (Fsp3) is 0.294. The average Bonchev–Trinajstić information content (AvgIpc) is 2.48. The predicted molar refractivity (Wildman–Crippen MR) is 81.4 cm³/mol. The number of para-hydroxylation sites is 1. The van der Waals surface area contributed by atoms with Gasteiger partial charge in [0.1, 0.15) is 11.5 Å². The highest BCUT2D eigenvalue weighted by Crippen LogP contribution is 2.20. The monoisotopic (exact) mass is 271 g/mol. The summed E-state index contributed by atoms with van der Waals surface area (Å²) in [5.74, 6) is 1.77. The first kappa shape index (κ1) is 14.4. The number of benzene rings is 2. The van der Waals surface area contributed by atoms with E-state index in [-0.39, 0.29) is 6.04 Å². The van der Waals surface area contributed by atoms with Crippen LogP contribution >= 0.6 is 0 Å². The molecular weight excluding hydrogens is 250 g/mol. The predicted octanol–water partition coefficient (Wildman–Crippen LogP) is 2.82. The highest BCUT2D eigenvalue weighted by molar-refractivity contribution is 5.34. The van der Waals surface area contributed by atoms with Crippen LogP contribution in [0.15, 0.2) is 48.5 Å². The van der Waals surface area contributed by atoms with Crippen LogP contribution in [0, 0.1) is 0 Å². The van der Waals surface area contributed by atoms with Gasteiger partial charge in [-0.1, -0.05) is 30.3 Å². The molecule has 0 saturated heterocycles. The molecule has 0 aliphatic rings. The van der Waals surface area contributed by atoms with Gasteiger partial charge in [-0.15, -0.1) is 0 Å². The van der Waals surface area contributed by atoms with Crippen molar-refractivity contribution in [2.75, 3.05) is 14.2 Å². The summed E-state index contributed by atoms with van der Waals surface area (Å²) in [6.07, 6.45) is 1.64. The summed E-state index contributed by atoms with van der Waals surface area (Å²) in [6.45, 7) is 0. The third-order valence-corrected chi connectivity index (χ3v) is 3.33. The van der Waals surface area contributed by atoms with E-state index < -0.39 is 0 Å². The third-order valence-electron chi connectivity index (χ3n) is 3.33. The smallest absolute Gasteiger partial charge is 0.122 e. The van der Waals surface area contributed by atoms with Gasteiger partial charge in [0, 0.05) is 6.04 Å². The van der Waals surface area contributed by atoms with E-state index in [0.29, 0.717) is 0 Å². The van der Waals surface area contributed by atoms with Crippen molar-refractivity contribution in [2.24, 2.45) is 5.73 Å². The lowest BCUT2D eigenvalue weighted by molar-refractivity contribution is 0.407. The highest BCUT2D eigenvalue weighted by Gasteiger charge is 2.09. The SMILES string of the molecule is COc1ccc(CC(N)Cc2ccccc2OC)cc1. The molecule has 0 bridgehead atoms. The second-order valence-corrected chi connectivity index (χ2v) is 4.83. The summed E-state index contributed by atoms with van der Waals surface area (Å²) in [5, 5.41) is 0. The Morgan fingerprint density at radius 1 is 0.900 bits per heavy atom. The zero-order valence-corrected chi connectivity index (χ0v) is 12.0. The molecule has 0 aliphatic carbocycles. The van der Waals surface area contributed by atoms with Crippen LogP contribution in [0.1, 0.15) is 11.1 Å². The molecule has 1 atom stereocenters. The van der Waals surface area contributed by atoms with Gasteiger partial charge in [-0.2, -0.15) is 0 Å². The lowest BCUT2D eigenvalue weighted by Crippen LogP contribution is -2.25. The normalized spacial score (nSPS) is 11.9. The minimum absolute atomic E-state index is 0.0692. The van der Waals surface area contributed by atoms with E-state index in [1.165, 1.54) is 5.56 Å². The van der Waals surface area contributed by atoms with Crippen molar-refractivity contribution in [2.45, 2.75) is 18.9 Å². The van der Waals surface area contributed by atoms with Gasteiger partial charge >= 0.3 is 0 Å². The zero-order chi connectivity index (χ0) is 14.4. The standard InChI is InChI=1S/C17H21NO2/c1-19-16-9-7-13(8-10-16)11-15(18)12-14-5-3-4-6-17(14)20-2/h3-10,15H,11-12,18H2,1-2H3. The Balaban J connectivity index is 1.99. The molecular formula is C17H21NO2. The Bertz CT molecular complexity index is 537. The molecule has 3 heteroatoms. The third kappa shape index (κ3) is 3.75. The summed E-state index contributed by atoms with van der Waals surface area (Å²) in [5.41, 5.74) is 8.61. The fourth-order valence-electron chi connectivity index (χ4n) is 2.29. The largest absolute Gasteiger partial charge is 0.497 e. The van der Waals surface area contributed by atoms with Gasteiger partial charge < -0.3 is 15.2 Å². The lowest BCUT2D eigenvalue weighted by atomic mass is 9.99. The van der Waals surface area contributed by atoms with Gasteiger partial charge in [0.15, 0.2) is 0 Å². The van der Waals surface area contributed by atoms with Crippen molar-refractivity contribution in [3.05, 3.63) is 59.7 Å². The number of methoxy groups -OCH3 is 2. The van der Waals surface area contributed by atoms with Crippen molar-refractivity contribution in [3.63, 3.8) is 0 Å². The molecule has 3 nitrogen and oxygen atoms in total. The summed E-state index contributed by atoms with van der Waals surface area (Å²) in [7, 11) is 3.36. The molecule has 2 rings (SSSR count). The minimum atomic E-state index is 0.0692. The van der Waals surface area contributed by atoms with Gasteiger partial charge in [0.2, 0.25) is 0 Å². The number of nitrogens with two attached hydrogens (primary N) is 1. The lowest BCUT2D eigenvalue weighted by Gasteiger charge is -2.14. The van der Waals surface area contributed by atoms with E-state index in [0.717, 1.165) is 29.9 Å². The number of hydrogen-bond donors (Lipinski definition) is 1. The van der Waals surface area contributed by atoms with E-state index in [1.807, 2.05) is 30.3 Å². The number of ether oxygens (including phenoxy) is 2. The molecule has 2 N–H and O–H groups in total. The molecule has 0 spiro atoms. The topological polar surface area (TPSA) is 44.5 Å². The Kier molecular flexibility index (Phi) is 5.02. The van der Waals surface area contributed by atoms with E-state index >= 15 is 0 Å². The Morgan fingerprint density at radius 2 is 1.60 bits per heavy atom. The van der Waals surface area contributed by atoms with E-state index in [4.69, 9.17) is 15.2 Å². The first-order chi connectivity index (χ1) is 9.72. The Morgan fingerprint density at radius 3 is 2.25 bits per heavy atom. The second kappa shape index (κ2) is 6.96. The van der Waals surface area contributed by atoms with Crippen LogP contribution in [0.5, 0.6) is 11.5 Å². The van der Waals surface area contributed by atoms with Crippen molar-refractivity contribution in [1.29, 1.82) is 0 Å². The van der Waals surface area contributed by atoms with E-state index in [9.17, 15) is 0 Å². The van der Waals surface area contributed by atoms with Crippen molar-refractivity contribution >= 4 is 0 Å². The minimum Gasteiger partial charge on any atom is -0.497 e. The highest BCUT2D eigenvalue weighted by atomic mass is 16.5. The molecule has 0 fully saturated rings. The molecule has 0 radical (unpaired) electrons. The summed E-state index contributed by atoms with van der Waals surface area (Å²) < 4.78 is 10.5. The maximum absolute atomic E-state index is 6.25. The summed E-state index contributed by atoms with van der Waals surface area (Å²) in [6, 6.07) is 16.1. The molecule has 20 heavy (non-hydrogen) atoms. The number of rotatable bonds is 6. The van der Waals surface area contributed by atoms with Crippen molar-refractivity contribution in [1.82, 2.24) is 0 Å². The first-order valence-electron chi connectivity index (χ1n) is 6.73. The fourth-order valence-corrected chi connectivity index (χ4v) is 2.29. The molecule has 2 aromatic rings. The Labute approximate surface area is 120 Å². The van der Waals surface area contributed by atoms with Gasteiger partial charge in [-0.05, 0) is 42.2 Å². The first-order valence-corrected chi connectivity index (χ1v) is 6.73. The molecule has 0 aromatic heterocycles. The maximum atomic E-state index is 6.25. The van der Waals surface area contributed by atoms with Gasteiger partial charge in [0.05, 0.1) is 14.2 Å². The molecule has 1 unspecified atom stereocenters. The zero-order valence-electron chi connectivity index (χ0n) is 12.0. The molecule has 0 saturated carbocycles. The van der Waals surface area contributed by atoms with Gasteiger partial charge in [-0.25, -0.2) is 0 Å². The van der Waals surface area contributed by atoms with E-state index in [2.05, 4.69) is 18.2 Å². The summed E-state index contributed by atoms with van der Waals surface area (Å²) in [4.78, 5) is 0. The Hall–Kier alpha value is -2.00. The number of hydrogen-bond acceptors (Lipinski definition) is 3.